The van der Waals surface area contributed by atoms with Crippen LogP contribution in [-0.2, 0) is 4.79 Å². The van der Waals surface area contributed by atoms with Crippen LogP contribution in [0.15, 0.2) is 68.8 Å². The number of aromatic carboxylic acids is 1. The average Bonchev–Trinajstić information content (AvgIpc) is 2.87. The first kappa shape index (κ1) is 26.1. The van der Waals surface area contributed by atoms with Crippen LogP contribution in [0.2, 0.25) is 0 Å². The molecule has 2 aromatic rings. The molecule has 0 saturated carbocycles. The van der Waals surface area contributed by atoms with Crippen molar-refractivity contribution in [3.8, 4) is 28.2 Å². The molecule has 2 aromatic carbocycles. The van der Waals surface area contributed by atoms with Crippen molar-refractivity contribution in [2.75, 3.05) is 13.1 Å². The van der Waals surface area contributed by atoms with E-state index < -0.39 is 11.9 Å². The van der Waals surface area contributed by atoms with Crippen molar-refractivity contribution >= 4 is 35.0 Å². The Balaban J connectivity index is 1.66. The Morgan fingerprint density at radius 1 is 0.974 bits per heavy atom. The molecule has 1 aliphatic heterocycles. The molecule has 194 valence electrons. The van der Waals surface area contributed by atoms with E-state index in [4.69, 9.17) is 4.42 Å². The highest BCUT2D eigenvalue weighted by Gasteiger charge is 2.23. The number of phenolic OH excluding ortho intramolecular Hbond substituents is 1. The highest BCUT2D eigenvalue weighted by atomic mass is 16.4. The zero-order valence-electron chi connectivity index (χ0n) is 20.6. The topological polar surface area (TPSA) is 158 Å². The SMILES string of the molecule is CC(C)/N=C/C(=O)NCCNC(=O)c1ccc(-c2c3ccc(=O)cc-3oc3cc(O)ccc23)c(C(=O)O)c1. The number of carboxylic acids is 1. The first-order chi connectivity index (χ1) is 18.1. The van der Waals surface area contributed by atoms with Crippen molar-refractivity contribution in [1.29, 1.82) is 0 Å². The summed E-state index contributed by atoms with van der Waals surface area (Å²) in [5.74, 6) is -1.98. The Morgan fingerprint density at radius 3 is 2.45 bits per heavy atom. The lowest BCUT2D eigenvalue weighted by Crippen LogP contribution is -2.35. The van der Waals surface area contributed by atoms with Gasteiger partial charge in [0, 0.05) is 53.3 Å². The summed E-state index contributed by atoms with van der Waals surface area (Å²) < 4.78 is 5.82. The van der Waals surface area contributed by atoms with Crippen LogP contribution in [0.4, 0.5) is 0 Å². The van der Waals surface area contributed by atoms with E-state index in [-0.39, 0.29) is 58.7 Å². The maximum Gasteiger partial charge on any atom is 0.336 e. The van der Waals surface area contributed by atoms with E-state index in [1.165, 1.54) is 48.7 Å². The number of hydrogen-bond donors (Lipinski definition) is 4. The monoisotopic (exact) mass is 515 g/mol. The third-order valence-corrected chi connectivity index (χ3v) is 5.66. The van der Waals surface area contributed by atoms with Crippen LogP contribution in [0.3, 0.4) is 0 Å². The van der Waals surface area contributed by atoms with Gasteiger partial charge in [0.2, 0.25) is 0 Å². The summed E-state index contributed by atoms with van der Waals surface area (Å²) in [4.78, 5) is 52.6. The Bertz CT molecular complexity index is 1600. The predicted molar refractivity (Wildman–Crippen MR) is 142 cm³/mol. The maximum absolute atomic E-state index is 12.7. The standard InChI is InChI=1S/C28H25N3O7/c1-15(2)31-14-25(34)29-9-10-30-27(35)16-3-6-19(22(11-16)28(36)37)26-20-7-4-17(32)12-23(20)38-24-13-18(33)5-8-21(24)26/h3-8,11-15,32H,9-10H2,1-2H3,(H,29,34)(H,30,35)(H,36,37)/b31-14+. The molecule has 38 heavy (non-hydrogen) atoms. The molecule has 2 amide bonds. The van der Waals surface area contributed by atoms with Gasteiger partial charge < -0.3 is 25.3 Å². The fourth-order valence-corrected chi connectivity index (χ4v) is 3.96. The highest BCUT2D eigenvalue weighted by Crippen LogP contribution is 2.42. The van der Waals surface area contributed by atoms with Crippen LogP contribution in [0.5, 0.6) is 5.75 Å². The Hall–Kier alpha value is -4.99. The minimum absolute atomic E-state index is 0.00979. The molecule has 2 aliphatic rings. The van der Waals surface area contributed by atoms with Crippen molar-refractivity contribution in [3.05, 3.63) is 75.9 Å². The number of hydrogen-bond acceptors (Lipinski definition) is 7. The first-order valence-corrected chi connectivity index (χ1v) is 11.8. The van der Waals surface area contributed by atoms with Gasteiger partial charge >= 0.3 is 5.97 Å². The zero-order chi connectivity index (χ0) is 27.4. The van der Waals surface area contributed by atoms with Crippen molar-refractivity contribution in [2.24, 2.45) is 4.99 Å². The summed E-state index contributed by atoms with van der Waals surface area (Å²) in [6, 6.07) is 12.9. The number of rotatable bonds is 8. The fraction of sp³-hybridized carbons (Fsp3) is 0.179. The van der Waals surface area contributed by atoms with Crippen LogP contribution in [0.25, 0.3) is 33.4 Å². The fourth-order valence-electron chi connectivity index (χ4n) is 3.96. The maximum atomic E-state index is 12.7. The van der Waals surface area contributed by atoms with Gasteiger partial charge in [0.25, 0.3) is 11.8 Å². The van der Waals surface area contributed by atoms with Gasteiger partial charge in [0.15, 0.2) is 5.43 Å². The quantitative estimate of drug-likeness (QED) is 0.159. The van der Waals surface area contributed by atoms with Crippen molar-refractivity contribution in [2.45, 2.75) is 19.9 Å². The summed E-state index contributed by atoms with van der Waals surface area (Å²) in [6.07, 6.45) is 1.19. The van der Waals surface area contributed by atoms with E-state index in [1.807, 2.05) is 13.8 Å². The third kappa shape index (κ3) is 5.70. The molecular weight excluding hydrogens is 490 g/mol. The number of carbonyl (C=O) groups excluding carboxylic acids is 2. The number of carboxylic acid groups (broad SMARTS) is 1. The Kier molecular flexibility index (Phi) is 7.52. The molecule has 0 unspecified atom stereocenters. The summed E-state index contributed by atoms with van der Waals surface area (Å²) in [6.45, 7) is 3.97. The molecular formula is C28H25N3O7. The lowest BCUT2D eigenvalue weighted by Gasteiger charge is -2.17. The van der Waals surface area contributed by atoms with Crippen molar-refractivity contribution in [1.82, 2.24) is 10.6 Å². The van der Waals surface area contributed by atoms with Gasteiger partial charge in [-0.2, -0.15) is 0 Å². The predicted octanol–water partition coefficient (Wildman–Crippen LogP) is 3.29. The Morgan fingerprint density at radius 2 is 1.71 bits per heavy atom. The second kappa shape index (κ2) is 11.0. The van der Waals surface area contributed by atoms with E-state index in [0.717, 1.165) is 0 Å². The average molecular weight is 516 g/mol. The van der Waals surface area contributed by atoms with Gasteiger partial charge in [-0.05, 0) is 55.8 Å². The summed E-state index contributed by atoms with van der Waals surface area (Å²) in [7, 11) is 0. The lowest BCUT2D eigenvalue weighted by atomic mass is 9.90. The van der Waals surface area contributed by atoms with Crippen molar-refractivity contribution in [3.63, 3.8) is 0 Å². The Labute approximate surface area is 217 Å². The van der Waals surface area contributed by atoms with E-state index >= 15 is 0 Å². The van der Waals surface area contributed by atoms with Crippen LogP contribution in [0.1, 0.15) is 34.6 Å². The van der Waals surface area contributed by atoms with E-state index in [1.54, 1.807) is 12.1 Å². The molecule has 0 fully saturated rings. The highest BCUT2D eigenvalue weighted by molar-refractivity contribution is 6.26. The molecule has 1 heterocycles. The van der Waals surface area contributed by atoms with Crippen LogP contribution in [-0.4, -0.2) is 53.3 Å². The number of benzene rings is 3. The van der Waals surface area contributed by atoms with E-state index in [0.29, 0.717) is 22.1 Å². The third-order valence-electron chi connectivity index (χ3n) is 5.66. The molecule has 0 atom stereocenters. The molecule has 0 spiro atoms. The number of aromatic hydroxyl groups is 1. The number of aliphatic imine (C=N–C) groups is 1. The number of phenols is 1. The smallest absolute Gasteiger partial charge is 0.336 e. The summed E-state index contributed by atoms with van der Waals surface area (Å²) >= 11 is 0. The number of fused-ring (bicyclic) bond motifs is 2. The molecule has 0 radical (unpaired) electrons. The minimum Gasteiger partial charge on any atom is -0.508 e. The number of nitrogens with zero attached hydrogens (tertiary/aromatic N) is 1. The molecule has 0 bridgehead atoms. The van der Waals surface area contributed by atoms with Gasteiger partial charge in [0.1, 0.15) is 17.1 Å². The summed E-state index contributed by atoms with van der Waals surface area (Å²) in [5.41, 5.74) is 1.24. The normalized spacial score (nSPS) is 11.3. The molecule has 0 aromatic heterocycles. The molecule has 10 nitrogen and oxygen atoms in total. The van der Waals surface area contributed by atoms with E-state index in [9.17, 15) is 29.4 Å². The molecule has 10 heteroatoms. The molecule has 4 rings (SSSR count). The van der Waals surface area contributed by atoms with Crippen LogP contribution >= 0.6 is 0 Å². The van der Waals surface area contributed by atoms with Gasteiger partial charge in [-0.3, -0.25) is 19.4 Å². The zero-order valence-corrected chi connectivity index (χ0v) is 20.6. The summed E-state index contributed by atoms with van der Waals surface area (Å²) in [5, 5.41) is 25.7. The van der Waals surface area contributed by atoms with Gasteiger partial charge in [0.05, 0.1) is 11.8 Å². The molecule has 1 aliphatic carbocycles. The van der Waals surface area contributed by atoms with Crippen molar-refractivity contribution < 1.29 is 29.0 Å². The van der Waals surface area contributed by atoms with Gasteiger partial charge in [-0.25, -0.2) is 4.79 Å². The minimum atomic E-state index is -1.26. The van der Waals surface area contributed by atoms with Crippen LogP contribution in [0, 0.1) is 0 Å². The van der Waals surface area contributed by atoms with Crippen LogP contribution < -0.4 is 16.1 Å². The van der Waals surface area contributed by atoms with E-state index in [2.05, 4.69) is 15.6 Å². The second-order valence-electron chi connectivity index (χ2n) is 8.80. The lowest BCUT2D eigenvalue weighted by molar-refractivity contribution is -0.114. The largest absolute Gasteiger partial charge is 0.508 e. The number of nitrogens with one attached hydrogen (secondary N) is 2. The molecule has 4 N–H and O–H groups in total. The molecule has 0 saturated heterocycles. The van der Waals surface area contributed by atoms with Gasteiger partial charge in [-0.15, -0.1) is 0 Å². The second-order valence-corrected chi connectivity index (χ2v) is 8.80. The number of amides is 2. The number of carbonyl (C=O) groups is 3. The van der Waals surface area contributed by atoms with Gasteiger partial charge in [-0.1, -0.05) is 6.07 Å². The first-order valence-electron chi connectivity index (χ1n) is 11.8.